The minimum absolute atomic E-state index is 0.0381. The molecule has 0 aliphatic heterocycles. The van der Waals surface area contributed by atoms with Crippen LogP contribution < -0.4 is 20.2 Å². The highest BCUT2D eigenvalue weighted by Gasteiger charge is 2.21. The summed E-state index contributed by atoms with van der Waals surface area (Å²) in [6.45, 7) is 4.21. The van der Waals surface area contributed by atoms with Crippen molar-refractivity contribution in [2.45, 2.75) is 38.8 Å². The van der Waals surface area contributed by atoms with E-state index in [0.29, 0.717) is 29.6 Å². The zero-order valence-corrected chi connectivity index (χ0v) is 15.0. The van der Waals surface area contributed by atoms with Gasteiger partial charge in [0.2, 0.25) is 0 Å². The van der Waals surface area contributed by atoms with Crippen molar-refractivity contribution in [2.75, 3.05) is 10.6 Å². The van der Waals surface area contributed by atoms with Crippen molar-refractivity contribution in [3.63, 3.8) is 0 Å². The maximum absolute atomic E-state index is 10.7. The first kappa shape index (κ1) is 17.1. The number of anilines is 3. The van der Waals surface area contributed by atoms with Gasteiger partial charge in [-0.1, -0.05) is 4.85 Å². The van der Waals surface area contributed by atoms with Gasteiger partial charge >= 0.3 is 6.47 Å². The van der Waals surface area contributed by atoms with Gasteiger partial charge in [0.05, 0.1) is 18.0 Å². The Morgan fingerprint density at radius 1 is 1.22 bits per heavy atom. The van der Waals surface area contributed by atoms with E-state index in [-0.39, 0.29) is 6.10 Å². The number of hydrogen-bond donors (Lipinski definition) is 2. The fraction of sp³-hybridized carbons (Fsp3) is 0.333. The first-order chi connectivity index (χ1) is 13.1. The first-order valence-electron chi connectivity index (χ1n) is 8.77. The molecule has 1 saturated carbocycles. The van der Waals surface area contributed by atoms with Crippen LogP contribution in [0.15, 0.2) is 30.7 Å². The molecule has 0 atom stereocenters. The molecule has 0 amide bonds. The van der Waals surface area contributed by atoms with E-state index in [1.54, 1.807) is 12.3 Å². The number of nitrogens with one attached hydrogen (secondary N) is 2. The number of rotatable bonds is 8. The molecule has 4 rings (SSSR count). The predicted octanol–water partition coefficient (Wildman–Crippen LogP) is 2.52. The Morgan fingerprint density at radius 2 is 2.04 bits per heavy atom. The van der Waals surface area contributed by atoms with Crippen molar-refractivity contribution in [2.24, 2.45) is 0 Å². The Morgan fingerprint density at radius 3 is 2.78 bits per heavy atom. The van der Waals surface area contributed by atoms with Crippen LogP contribution in [0.1, 0.15) is 26.7 Å². The average molecular weight is 368 g/mol. The monoisotopic (exact) mass is 368 g/mol. The molecular formula is C18H20N6O3. The average Bonchev–Trinajstić information content (AvgIpc) is 3.36. The summed E-state index contributed by atoms with van der Waals surface area (Å²) in [7, 11) is 0. The first-order valence-corrected chi connectivity index (χ1v) is 8.77. The van der Waals surface area contributed by atoms with Crippen LogP contribution in [-0.4, -0.2) is 38.5 Å². The standard InChI is InChI=1S/C18H20N6O3/c1-11(2)27-16-6-15-12(8-21-24(15)26-10-25)5-14(16)23-18-7-17(19-9-20-18)22-13-3-4-13/h5-11,13H,3-4H2,1-2H3,(H2,19,20,22,23). The third-order valence-corrected chi connectivity index (χ3v) is 4.00. The quantitative estimate of drug-likeness (QED) is 0.585. The molecule has 0 unspecified atom stereocenters. The Labute approximate surface area is 155 Å². The molecule has 2 heterocycles. The third kappa shape index (κ3) is 3.91. The molecule has 3 aromatic rings. The van der Waals surface area contributed by atoms with Gasteiger partial charge in [0.15, 0.2) is 0 Å². The summed E-state index contributed by atoms with van der Waals surface area (Å²) in [5.41, 5.74) is 1.36. The number of benzene rings is 1. The number of nitrogens with zero attached hydrogens (tertiary/aromatic N) is 4. The largest absolute Gasteiger partial charge is 0.489 e. The van der Waals surface area contributed by atoms with Gasteiger partial charge in [-0.05, 0) is 32.8 Å². The highest BCUT2D eigenvalue weighted by Crippen LogP contribution is 2.33. The van der Waals surface area contributed by atoms with Crippen molar-refractivity contribution in [3.05, 3.63) is 30.7 Å². The Kier molecular flexibility index (Phi) is 4.49. The number of carbonyl (C=O) groups is 1. The normalized spacial score (nSPS) is 13.6. The molecule has 2 aromatic heterocycles. The zero-order valence-electron chi connectivity index (χ0n) is 15.0. The van der Waals surface area contributed by atoms with E-state index in [9.17, 15) is 4.79 Å². The Bertz CT molecular complexity index is 967. The van der Waals surface area contributed by atoms with Gasteiger partial charge < -0.3 is 20.2 Å². The Balaban J connectivity index is 1.67. The number of fused-ring (bicyclic) bond motifs is 1. The predicted molar refractivity (Wildman–Crippen MR) is 100 cm³/mol. The molecule has 1 aliphatic carbocycles. The van der Waals surface area contributed by atoms with Crippen molar-refractivity contribution in [1.82, 2.24) is 19.9 Å². The maximum atomic E-state index is 10.7. The maximum Gasteiger partial charge on any atom is 0.323 e. The molecule has 0 saturated heterocycles. The van der Waals surface area contributed by atoms with Crippen molar-refractivity contribution >= 4 is 34.7 Å². The van der Waals surface area contributed by atoms with Crippen LogP contribution in [-0.2, 0) is 4.79 Å². The van der Waals surface area contributed by atoms with Crippen LogP contribution in [0.2, 0.25) is 0 Å². The van der Waals surface area contributed by atoms with E-state index in [0.717, 1.165) is 21.7 Å². The molecule has 1 fully saturated rings. The topological polar surface area (TPSA) is 103 Å². The van der Waals surface area contributed by atoms with Gasteiger partial charge in [-0.15, -0.1) is 5.10 Å². The molecule has 27 heavy (non-hydrogen) atoms. The number of hydrogen-bond acceptors (Lipinski definition) is 8. The molecular weight excluding hydrogens is 348 g/mol. The molecule has 0 spiro atoms. The second kappa shape index (κ2) is 7.10. The molecule has 0 bridgehead atoms. The second-order valence-electron chi connectivity index (χ2n) is 6.63. The van der Waals surface area contributed by atoms with Crippen molar-refractivity contribution < 1.29 is 14.4 Å². The lowest BCUT2D eigenvalue weighted by Gasteiger charge is -2.16. The van der Waals surface area contributed by atoms with Crippen molar-refractivity contribution in [1.29, 1.82) is 0 Å². The highest BCUT2D eigenvalue weighted by atomic mass is 16.7. The Hall–Kier alpha value is -3.36. The second-order valence-corrected chi connectivity index (χ2v) is 6.63. The lowest BCUT2D eigenvalue weighted by Crippen LogP contribution is -2.11. The minimum Gasteiger partial charge on any atom is -0.489 e. The van der Waals surface area contributed by atoms with Crippen LogP contribution in [0.3, 0.4) is 0 Å². The van der Waals surface area contributed by atoms with Gasteiger partial charge in [0, 0.05) is 23.6 Å². The highest BCUT2D eigenvalue weighted by molar-refractivity contribution is 5.87. The smallest absolute Gasteiger partial charge is 0.323 e. The molecule has 140 valence electrons. The lowest BCUT2D eigenvalue weighted by molar-refractivity contribution is -0.130. The van der Waals surface area contributed by atoms with Crippen LogP contribution in [0.4, 0.5) is 17.3 Å². The van der Waals surface area contributed by atoms with Crippen LogP contribution >= 0.6 is 0 Å². The van der Waals surface area contributed by atoms with E-state index in [1.165, 1.54) is 19.2 Å². The fourth-order valence-electron chi connectivity index (χ4n) is 2.69. The van der Waals surface area contributed by atoms with E-state index in [1.807, 2.05) is 26.0 Å². The summed E-state index contributed by atoms with van der Waals surface area (Å²) >= 11 is 0. The minimum atomic E-state index is -0.0381. The van der Waals surface area contributed by atoms with Crippen LogP contribution in [0, 0.1) is 0 Å². The molecule has 9 heteroatoms. The number of carbonyl (C=O) groups excluding carboxylic acids is 1. The summed E-state index contributed by atoms with van der Waals surface area (Å²) in [6.07, 6.45) is 5.43. The van der Waals surface area contributed by atoms with Gasteiger partial charge in [0.1, 0.15) is 29.2 Å². The van der Waals surface area contributed by atoms with Gasteiger partial charge in [0.25, 0.3) is 0 Å². The van der Waals surface area contributed by atoms with Crippen LogP contribution in [0.5, 0.6) is 5.75 Å². The van der Waals surface area contributed by atoms with E-state index >= 15 is 0 Å². The molecule has 1 aliphatic rings. The third-order valence-electron chi connectivity index (χ3n) is 4.00. The van der Waals surface area contributed by atoms with E-state index < -0.39 is 0 Å². The summed E-state index contributed by atoms with van der Waals surface area (Å²) in [4.78, 5) is 25.2. The summed E-state index contributed by atoms with van der Waals surface area (Å²) < 4.78 is 5.93. The van der Waals surface area contributed by atoms with Crippen molar-refractivity contribution in [3.8, 4) is 5.75 Å². The number of ether oxygens (including phenoxy) is 1. The van der Waals surface area contributed by atoms with Gasteiger partial charge in [-0.25, -0.2) is 9.97 Å². The van der Waals surface area contributed by atoms with E-state index in [2.05, 4.69) is 25.7 Å². The molecule has 1 aromatic carbocycles. The molecule has 9 nitrogen and oxygen atoms in total. The summed E-state index contributed by atoms with van der Waals surface area (Å²) in [6, 6.07) is 6.02. The lowest BCUT2D eigenvalue weighted by atomic mass is 10.2. The fourth-order valence-corrected chi connectivity index (χ4v) is 2.69. The SMILES string of the molecule is CC(C)Oc1cc2c(cnn2OC=O)cc1Nc1cc(NC2CC2)ncn1. The number of aromatic nitrogens is 4. The van der Waals surface area contributed by atoms with Gasteiger partial charge in [-0.3, -0.25) is 4.79 Å². The van der Waals surface area contributed by atoms with E-state index in [4.69, 9.17) is 9.57 Å². The van der Waals surface area contributed by atoms with Crippen LogP contribution in [0.25, 0.3) is 10.9 Å². The molecule has 2 N–H and O–H groups in total. The van der Waals surface area contributed by atoms with Gasteiger partial charge in [-0.2, -0.15) is 0 Å². The summed E-state index contributed by atoms with van der Waals surface area (Å²) in [5, 5.41) is 11.5. The molecule has 0 radical (unpaired) electrons. The summed E-state index contributed by atoms with van der Waals surface area (Å²) in [5.74, 6) is 2.04. The zero-order chi connectivity index (χ0) is 18.8.